The third kappa shape index (κ3) is 2.72. The molecule has 1 heterocycles. The molecular formula is C13H19NO4. The monoisotopic (exact) mass is 253 g/mol. The van der Waals surface area contributed by atoms with E-state index in [2.05, 4.69) is 5.32 Å². The van der Waals surface area contributed by atoms with Gasteiger partial charge in [-0.15, -0.1) is 0 Å². The second kappa shape index (κ2) is 4.84. The topological polar surface area (TPSA) is 79.5 Å². The number of hydrogen-bond acceptors (Lipinski definition) is 3. The molecule has 0 aliphatic carbocycles. The molecule has 1 atom stereocenters. The van der Waals surface area contributed by atoms with Gasteiger partial charge in [0.15, 0.2) is 0 Å². The van der Waals surface area contributed by atoms with E-state index < -0.39 is 17.3 Å². The molecule has 1 amide bonds. The summed E-state index contributed by atoms with van der Waals surface area (Å²) in [6, 6.07) is 1.56. The molecule has 5 nitrogen and oxygen atoms in total. The van der Waals surface area contributed by atoms with E-state index in [1.165, 1.54) is 13.8 Å². The number of amides is 1. The number of hydrogen-bond donors (Lipinski definition) is 2. The van der Waals surface area contributed by atoms with Crippen LogP contribution in [0, 0.1) is 19.3 Å². The SMILES string of the molecule is Cc1cc(C(C)NC(=O)C(C)(C)C(=O)O)c(C)o1. The molecule has 0 aliphatic rings. The van der Waals surface area contributed by atoms with Crippen molar-refractivity contribution < 1.29 is 19.1 Å². The highest BCUT2D eigenvalue weighted by Crippen LogP contribution is 2.23. The fraction of sp³-hybridized carbons (Fsp3) is 0.538. The normalized spacial score (nSPS) is 13.2. The smallest absolute Gasteiger partial charge is 0.318 e. The summed E-state index contributed by atoms with van der Waals surface area (Å²) >= 11 is 0. The van der Waals surface area contributed by atoms with E-state index in [1.54, 1.807) is 6.92 Å². The van der Waals surface area contributed by atoms with Gasteiger partial charge in [0.1, 0.15) is 16.9 Å². The van der Waals surface area contributed by atoms with Crippen LogP contribution >= 0.6 is 0 Å². The second-order valence-corrected chi connectivity index (χ2v) is 4.99. The molecule has 1 rings (SSSR count). The van der Waals surface area contributed by atoms with Crippen LogP contribution < -0.4 is 5.32 Å². The first-order chi connectivity index (χ1) is 8.16. The summed E-state index contributed by atoms with van der Waals surface area (Å²) in [6.07, 6.45) is 0. The quantitative estimate of drug-likeness (QED) is 0.806. The van der Waals surface area contributed by atoms with Crippen LogP contribution in [0.4, 0.5) is 0 Å². The highest BCUT2D eigenvalue weighted by molar-refractivity contribution is 6.01. The lowest BCUT2D eigenvalue weighted by atomic mass is 9.92. The van der Waals surface area contributed by atoms with Gasteiger partial charge in [-0.25, -0.2) is 0 Å². The maximum atomic E-state index is 11.9. The number of furan rings is 1. The van der Waals surface area contributed by atoms with Gasteiger partial charge in [0.2, 0.25) is 5.91 Å². The van der Waals surface area contributed by atoms with Gasteiger partial charge in [-0.3, -0.25) is 9.59 Å². The minimum Gasteiger partial charge on any atom is -0.480 e. The van der Waals surface area contributed by atoms with Crippen LogP contribution in [0.25, 0.3) is 0 Å². The standard InChI is InChI=1S/C13H19NO4/c1-7-6-10(9(3)18-7)8(2)14-11(15)13(4,5)12(16)17/h6,8H,1-5H3,(H,14,15)(H,16,17). The van der Waals surface area contributed by atoms with Gasteiger partial charge < -0.3 is 14.8 Å². The fourth-order valence-electron chi connectivity index (χ4n) is 1.63. The Balaban J connectivity index is 2.83. The van der Waals surface area contributed by atoms with Crippen LogP contribution in [0.3, 0.4) is 0 Å². The first kappa shape index (κ1) is 14.3. The molecule has 100 valence electrons. The van der Waals surface area contributed by atoms with Gasteiger partial charge in [0.05, 0.1) is 6.04 Å². The van der Waals surface area contributed by atoms with Gasteiger partial charge in [-0.1, -0.05) is 0 Å². The Morgan fingerprint density at radius 1 is 1.39 bits per heavy atom. The van der Waals surface area contributed by atoms with E-state index in [4.69, 9.17) is 9.52 Å². The summed E-state index contributed by atoms with van der Waals surface area (Å²) in [7, 11) is 0. The Kier molecular flexibility index (Phi) is 3.84. The average Bonchev–Trinajstić information content (AvgIpc) is 2.57. The van der Waals surface area contributed by atoms with Gasteiger partial charge >= 0.3 is 5.97 Å². The van der Waals surface area contributed by atoms with E-state index in [1.807, 2.05) is 19.9 Å². The molecule has 1 aromatic rings. The number of carbonyl (C=O) groups is 2. The van der Waals surface area contributed by atoms with Crippen molar-refractivity contribution in [3.05, 3.63) is 23.2 Å². The number of carboxylic acid groups (broad SMARTS) is 1. The average molecular weight is 253 g/mol. The van der Waals surface area contributed by atoms with E-state index in [-0.39, 0.29) is 6.04 Å². The molecule has 0 aromatic carbocycles. The Morgan fingerprint density at radius 2 is 1.94 bits per heavy atom. The fourth-order valence-corrected chi connectivity index (χ4v) is 1.63. The molecule has 1 unspecified atom stereocenters. The van der Waals surface area contributed by atoms with E-state index >= 15 is 0 Å². The van der Waals surface area contributed by atoms with Crippen molar-refractivity contribution in [2.24, 2.45) is 5.41 Å². The summed E-state index contributed by atoms with van der Waals surface area (Å²) in [5, 5.41) is 11.7. The molecule has 0 bridgehead atoms. The number of carboxylic acids is 1. The first-order valence-electron chi connectivity index (χ1n) is 5.77. The summed E-state index contributed by atoms with van der Waals surface area (Å²) in [5.41, 5.74) is -0.581. The summed E-state index contributed by atoms with van der Waals surface area (Å²) in [6.45, 7) is 8.20. The van der Waals surface area contributed by atoms with Gasteiger partial charge in [-0.2, -0.15) is 0 Å². The van der Waals surface area contributed by atoms with E-state index in [0.29, 0.717) is 0 Å². The molecule has 0 radical (unpaired) electrons. The lowest BCUT2D eigenvalue weighted by Gasteiger charge is -2.21. The molecule has 5 heteroatoms. The lowest BCUT2D eigenvalue weighted by Crippen LogP contribution is -2.43. The van der Waals surface area contributed by atoms with Crippen LogP contribution in [0.2, 0.25) is 0 Å². The first-order valence-corrected chi connectivity index (χ1v) is 5.77. The maximum absolute atomic E-state index is 11.9. The predicted octanol–water partition coefficient (Wildman–Crippen LogP) is 2.18. The molecule has 1 aromatic heterocycles. The maximum Gasteiger partial charge on any atom is 0.318 e. The van der Waals surface area contributed by atoms with Crippen LogP contribution in [0.15, 0.2) is 10.5 Å². The molecule has 2 N–H and O–H groups in total. The number of nitrogens with one attached hydrogen (secondary N) is 1. The Hall–Kier alpha value is -1.78. The highest BCUT2D eigenvalue weighted by atomic mass is 16.4. The van der Waals surface area contributed by atoms with Crippen molar-refractivity contribution in [2.45, 2.75) is 40.7 Å². The predicted molar refractivity (Wildman–Crippen MR) is 66.2 cm³/mol. The number of carbonyl (C=O) groups excluding carboxylic acids is 1. The van der Waals surface area contributed by atoms with Gasteiger partial charge in [0, 0.05) is 5.56 Å². The third-order valence-electron chi connectivity index (χ3n) is 3.00. The van der Waals surface area contributed by atoms with Crippen LogP contribution in [-0.4, -0.2) is 17.0 Å². The number of aliphatic carboxylic acids is 1. The van der Waals surface area contributed by atoms with Crippen molar-refractivity contribution in [3.63, 3.8) is 0 Å². The zero-order valence-electron chi connectivity index (χ0n) is 11.3. The van der Waals surface area contributed by atoms with Gasteiger partial charge in [0.25, 0.3) is 0 Å². The zero-order chi connectivity index (χ0) is 14.1. The van der Waals surface area contributed by atoms with Crippen molar-refractivity contribution >= 4 is 11.9 Å². The molecule has 0 aliphatic heterocycles. The third-order valence-corrected chi connectivity index (χ3v) is 3.00. The minimum atomic E-state index is -1.44. The number of aryl methyl sites for hydroxylation is 2. The number of rotatable bonds is 4. The molecule has 18 heavy (non-hydrogen) atoms. The van der Waals surface area contributed by atoms with E-state index in [9.17, 15) is 9.59 Å². The molecule has 0 saturated heterocycles. The molecule has 0 spiro atoms. The van der Waals surface area contributed by atoms with Crippen LogP contribution in [0.5, 0.6) is 0 Å². The largest absolute Gasteiger partial charge is 0.480 e. The van der Waals surface area contributed by atoms with Crippen LogP contribution in [0.1, 0.15) is 43.9 Å². The highest BCUT2D eigenvalue weighted by Gasteiger charge is 2.36. The van der Waals surface area contributed by atoms with Gasteiger partial charge in [-0.05, 0) is 40.7 Å². The Labute approximate surface area is 106 Å². The van der Waals surface area contributed by atoms with E-state index in [0.717, 1.165) is 17.1 Å². The van der Waals surface area contributed by atoms with Crippen LogP contribution in [-0.2, 0) is 9.59 Å². The lowest BCUT2D eigenvalue weighted by molar-refractivity contribution is -0.153. The molecule has 0 saturated carbocycles. The van der Waals surface area contributed by atoms with Crippen molar-refractivity contribution in [3.8, 4) is 0 Å². The Morgan fingerprint density at radius 3 is 2.33 bits per heavy atom. The second-order valence-electron chi connectivity index (χ2n) is 4.99. The summed E-state index contributed by atoms with van der Waals surface area (Å²) < 4.78 is 5.38. The van der Waals surface area contributed by atoms with Crippen molar-refractivity contribution in [1.29, 1.82) is 0 Å². The van der Waals surface area contributed by atoms with Crippen molar-refractivity contribution in [1.82, 2.24) is 5.32 Å². The summed E-state index contributed by atoms with van der Waals surface area (Å²) in [5.74, 6) is -0.164. The molecule has 0 fully saturated rings. The Bertz CT molecular complexity index is 473. The zero-order valence-corrected chi connectivity index (χ0v) is 11.3. The summed E-state index contributed by atoms with van der Waals surface area (Å²) in [4.78, 5) is 22.9. The molecular weight excluding hydrogens is 234 g/mol. The minimum absolute atomic E-state index is 0.284. The van der Waals surface area contributed by atoms with Crippen molar-refractivity contribution in [2.75, 3.05) is 0 Å².